The van der Waals surface area contributed by atoms with Gasteiger partial charge in [-0.15, -0.1) is 0 Å². The van der Waals surface area contributed by atoms with Gasteiger partial charge in [-0.25, -0.2) is 4.98 Å². The lowest BCUT2D eigenvalue weighted by Gasteiger charge is -2.35. The van der Waals surface area contributed by atoms with Crippen molar-refractivity contribution in [3.05, 3.63) is 41.6 Å². The van der Waals surface area contributed by atoms with E-state index in [0.717, 1.165) is 30.5 Å². The number of carbonyl (C=O) groups excluding carboxylic acids is 1. The quantitative estimate of drug-likeness (QED) is 0.611. The van der Waals surface area contributed by atoms with Crippen molar-refractivity contribution in [3.63, 3.8) is 0 Å². The zero-order chi connectivity index (χ0) is 19.4. The molecular formula is C19H26N6O2. The summed E-state index contributed by atoms with van der Waals surface area (Å²) >= 11 is 0. The van der Waals surface area contributed by atoms with Gasteiger partial charge in [-0.2, -0.15) is 4.98 Å². The highest BCUT2D eigenvalue weighted by atomic mass is 16.5. The van der Waals surface area contributed by atoms with E-state index in [4.69, 9.17) is 16.2 Å². The Morgan fingerprint density at radius 1 is 1.33 bits per heavy atom. The molecule has 1 aromatic carbocycles. The molecule has 144 valence electrons. The van der Waals surface area contributed by atoms with Crippen LogP contribution in [0.4, 0.5) is 17.5 Å². The molecule has 1 aliphatic rings. The number of nitrogens with zero attached hydrogens (tertiary/aromatic N) is 2. The summed E-state index contributed by atoms with van der Waals surface area (Å²) < 4.78 is 5.56. The molecule has 1 aliphatic carbocycles. The van der Waals surface area contributed by atoms with E-state index in [2.05, 4.69) is 20.6 Å². The second-order valence-corrected chi connectivity index (χ2v) is 6.85. The van der Waals surface area contributed by atoms with Crippen molar-refractivity contribution in [2.45, 2.75) is 44.4 Å². The SMILES string of the molecule is CO[C@@H]1CCC[C@H](N)[C@@H]1Nc1ncc(C(N)=O)c(Nc2cccc(C)c2)n1. The fourth-order valence-electron chi connectivity index (χ4n) is 3.39. The topological polar surface area (TPSA) is 128 Å². The average Bonchev–Trinajstić information content (AvgIpc) is 2.63. The van der Waals surface area contributed by atoms with Crippen molar-refractivity contribution < 1.29 is 9.53 Å². The van der Waals surface area contributed by atoms with Crippen molar-refractivity contribution in [2.75, 3.05) is 17.7 Å². The largest absolute Gasteiger partial charge is 0.379 e. The van der Waals surface area contributed by atoms with Gasteiger partial charge in [0.2, 0.25) is 5.95 Å². The molecule has 0 aliphatic heterocycles. The second kappa shape index (κ2) is 8.32. The van der Waals surface area contributed by atoms with E-state index in [-0.39, 0.29) is 23.8 Å². The number of aromatic nitrogens is 2. The van der Waals surface area contributed by atoms with E-state index in [1.807, 2.05) is 31.2 Å². The van der Waals surface area contributed by atoms with Gasteiger partial charge >= 0.3 is 0 Å². The molecule has 0 spiro atoms. The molecule has 3 rings (SSSR count). The van der Waals surface area contributed by atoms with Crippen LogP contribution >= 0.6 is 0 Å². The summed E-state index contributed by atoms with van der Waals surface area (Å²) in [6.07, 6.45) is 4.27. The second-order valence-electron chi connectivity index (χ2n) is 6.85. The van der Waals surface area contributed by atoms with Crippen LogP contribution in [0.25, 0.3) is 0 Å². The molecule has 6 N–H and O–H groups in total. The van der Waals surface area contributed by atoms with Crippen molar-refractivity contribution in [1.82, 2.24) is 9.97 Å². The van der Waals surface area contributed by atoms with Crippen LogP contribution in [0.5, 0.6) is 0 Å². The number of aryl methyl sites for hydroxylation is 1. The zero-order valence-electron chi connectivity index (χ0n) is 15.6. The first-order chi connectivity index (χ1) is 13.0. The summed E-state index contributed by atoms with van der Waals surface area (Å²) in [6.45, 7) is 1.99. The number of primary amides is 1. The number of nitrogens with one attached hydrogen (secondary N) is 2. The highest BCUT2D eigenvalue weighted by molar-refractivity contribution is 5.98. The molecule has 1 amide bonds. The third-order valence-electron chi connectivity index (χ3n) is 4.82. The minimum absolute atomic E-state index is 0.0126. The van der Waals surface area contributed by atoms with E-state index < -0.39 is 5.91 Å². The van der Waals surface area contributed by atoms with Gasteiger partial charge in [0.25, 0.3) is 5.91 Å². The van der Waals surface area contributed by atoms with Crippen LogP contribution in [0, 0.1) is 6.92 Å². The summed E-state index contributed by atoms with van der Waals surface area (Å²) in [5.41, 5.74) is 13.9. The Hall–Kier alpha value is -2.71. The maximum Gasteiger partial charge on any atom is 0.254 e. The Labute approximate surface area is 158 Å². The predicted molar refractivity (Wildman–Crippen MR) is 105 cm³/mol. The monoisotopic (exact) mass is 370 g/mol. The first kappa shape index (κ1) is 19.1. The molecule has 8 heteroatoms. The normalized spacial score (nSPS) is 22.3. The lowest BCUT2D eigenvalue weighted by atomic mass is 9.88. The maximum absolute atomic E-state index is 11.8. The first-order valence-electron chi connectivity index (χ1n) is 9.03. The molecule has 27 heavy (non-hydrogen) atoms. The van der Waals surface area contributed by atoms with E-state index in [9.17, 15) is 4.79 Å². The fraction of sp³-hybridized carbons (Fsp3) is 0.421. The molecule has 0 saturated heterocycles. The van der Waals surface area contributed by atoms with Gasteiger partial charge in [0.1, 0.15) is 11.4 Å². The molecule has 8 nitrogen and oxygen atoms in total. The van der Waals surface area contributed by atoms with Crippen molar-refractivity contribution in [3.8, 4) is 0 Å². The molecule has 3 atom stereocenters. The standard InChI is InChI=1S/C19H26N6O2/c1-11-5-3-6-12(9-11)23-18-13(17(21)26)10-22-19(25-18)24-16-14(20)7-4-8-15(16)27-2/h3,5-6,9-10,14-16H,4,7-8,20H2,1-2H3,(H2,21,26)(H2,22,23,24,25)/t14-,15+,16-/m0/s1. The molecule has 1 heterocycles. The van der Waals surface area contributed by atoms with Crippen LogP contribution in [0.1, 0.15) is 35.2 Å². The summed E-state index contributed by atoms with van der Waals surface area (Å²) in [7, 11) is 1.68. The summed E-state index contributed by atoms with van der Waals surface area (Å²) in [5, 5.41) is 6.43. The molecule has 0 radical (unpaired) electrons. The zero-order valence-corrected chi connectivity index (χ0v) is 15.6. The van der Waals surface area contributed by atoms with Gasteiger partial charge in [-0.1, -0.05) is 12.1 Å². The smallest absolute Gasteiger partial charge is 0.254 e. The van der Waals surface area contributed by atoms with E-state index in [1.165, 1.54) is 6.20 Å². The predicted octanol–water partition coefficient (Wildman–Crippen LogP) is 1.93. The van der Waals surface area contributed by atoms with Gasteiger partial charge in [-0.05, 0) is 43.9 Å². The number of rotatable bonds is 6. The molecule has 1 fully saturated rings. The van der Waals surface area contributed by atoms with Crippen molar-refractivity contribution in [2.24, 2.45) is 11.5 Å². The Morgan fingerprint density at radius 3 is 2.85 bits per heavy atom. The van der Waals surface area contributed by atoms with E-state index in [1.54, 1.807) is 7.11 Å². The third kappa shape index (κ3) is 4.53. The van der Waals surface area contributed by atoms with Crippen molar-refractivity contribution in [1.29, 1.82) is 0 Å². The van der Waals surface area contributed by atoms with Gasteiger partial charge in [-0.3, -0.25) is 4.79 Å². The molecule has 0 bridgehead atoms. The number of hydrogen-bond donors (Lipinski definition) is 4. The van der Waals surface area contributed by atoms with E-state index in [0.29, 0.717) is 11.8 Å². The Bertz CT molecular complexity index is 813. The maximum atomic E-state index is 11.8. The van der Waals surface area contributed by atoms with Gasteiger partial charge in [0.15, 0.2) is 0 Å². The average molecular weight is 370 g/mol. The van der Waals surface area contributed by atoms with Gasteiger partial charge in [0.05, 0.1) is 12.1 Å². The molecule has 1 aromatic heterocycles. The lowest BCUT2D eigenvalue weighted by Crippen LogP contribution is -2.51. The lowest BCUT2D eigenvalue weighted by molar-refractivity contribution is 0.0533. The highest BCUT2D eigenvalue weighted by Gasteiger charge is 2.32. The summed E-state index contributed by atoms with van der Waals surface area (Å²) in [5.74, 6) is 0.129. The molecule has 1 saturated carbocycles. The number of benzene rings is 1. The summed E-state index contributed by atoms with van der Waals surface area (Å²) in [4.78, 5) is 20.5. The number of nitrogens with two attached hydrogens (primary N) is 2. The van der Waals surface area contributed by atoms with Crippen molar-refractivity contribution >= 4 is 23.4 Å². The number of anilines is 3. The van der Waals surface area contributed by atoms with Crippen LogP contribution in [0.3, 0.4) is 0 Å². The molecule has 0 unspecified atom stereocenters. The Balaban J connectivity index is 1.87. The number of hydrogen-bond acceptors (Lipinski definition) is 7. The number of methoxy groups -OCH3 is 1. The highest BCUT2D eigenvalue weighted by Crippen LogP contribution is 2.25. The van der Waals surface area contributed by atoms with E-state index >= 15 is 0 Å². The van der Waals surface area contributed by atoms with Crippen LogP contribution in [0.2, 0.25) is 0 Å². The minimum atomic E-state index is -0.596. The van der Waals surface area contributed by atoms with Crippen LogP contribution < -0.4 is 22.1 Å². The van der Waals surface area contributed by atoms with Gasteiger partial charge in [0, 0.05) is 25.0 Å². The third-order valence-corrected chi connectivity index (χ3v) is 4.82. The Kier molecular flexibility index (Phi) is 5.88. The van der Waals surface area contributed by atoms with Crippen LogP contribution in [0.15, 0.2) is 30.5 Å². The Morgan fingerprint density at radius 2 is 2.15 bits per heavy atom. The molecular weight excluding hydrogens is 344 g/mol. The van der Waals surface area contributed by atoms with Crippen LogP contribution in [-0.2, 0) is 4.74 Å². The number of carbonyl (C=O) groups is 1. The van der Waals surface area contributed by atoms with Gasteiger partial charge < -0.3 is 26.8 Å². The minimum Gasteiger partial charge on any atom is -0.379 e. The fourth-order valence-corrected chi connectivity index (χ4v) is 3.39. The number of amides is 1. The number of ether oxygens (including phenoxy) is 1. The first-order valence-corrected chi connectivity index (χ1v) is 9.03. The summed E-state index contributed by atoms with van der Waals surface area (Å²) in [6, 6.07) is 7.60. The molecule has 2 aromatic rings. The van der Waals surface area contributed by atoms with Crippen LogP contribution in [-0.4, -0.2) is 41.2 Å².